The third-order valence-electron chi connectivity index (χ3n) is 4.09. The number of ether oxygens (including phenoxy) is 2. The van der Waals surface area contributed by atoms with E-state index < -0.39 is 15.6 Å². The third-order valence-corrected chi connectivity index (χ3v) is 7.20. The first-order valence-corrected chi connectivity index (χ1v) is 11.4. The maximum Gasteiger partial charge on any atom is 0.485 e. The fourth-order valence-electron chi connectivity index (χ4n) is 2.70. The Bertz CT molecular complexity index is 894. The van der Waals surface area contributed by atoms with E-state index in [-0.39, 0.29) is 6.29 Å². The number of halogens is 3. The average molecular weight is 438 g/mol. The monoisotopic (exact) mass is 438 g/mol. The molecule has 0 radical (unpaired) electrons. The molecule has 1 unspecified atom stereocenters. The number of hydrogen-bond donors (Lipinski definition) is 0. The lowest BCUT2D eigenvalue weighted by atomic mass is 10.1. The van der Waals surface area contributed by atoms with Crippen LogP contribution in [0.5, 0.6) is 5.75 Å². The minimum atomic E-state index is -6.09. The van der Waals surface area contributed by atoms with Crippen LogP contribution in [0.2, 0.25) is 0 Å². The Labute approximate surface area is 164 Å². The minimum absolute atomic E-state index is 0.224. The van der Waals surface area contributed by atoms with E-state index in [9.17, 15) is 13.2 Å². The van der Waals surface area contributed by atoms with Crippen molar-refractivity contribution in [2.45, 2.75) is 36.5 Å². The summed E-state index contributed by atoms with van der Waals surface area (Å²) in [5.74, 6) is 3.61. The molecular formula is C18H21F3O5S2. The zero-order valence-electron chi connectivity index (χ0n) is 15.4. The standard InChI is InChI=1S/C17H21O2S.CHF3O3S/c1-13(18-2)19-16-9-10-17(20-11-5-6-12-20)15-8-4-3-7-14(15)16;2-1(3,4)8(5,6)7/h3-4,7-10,13H,5-6,11-12H2,1-2H3;(H,5,6,7)/q+1;/p-1. The van der Waals surface area contributed by atoms with Crippen molar-refractivity contribution >= 4 is 31.8 Å². The summed E-state index contributed by atoms with van der Waals surface area (Å²) in [6.45, 7) is 1.92. The summed E-state index contributed by atoms with van der Waals surface area (Å²) in [7, 11) is -4.00. The summed E-state index contributed by atoms with van der Waals surface area (Å²) in [4.78, 5) is 1.51. The van der Waals surface area contributed by atoms with Crippen LogP contribution < -0.4 is 4.74 Å². The molecule has 5 nitrogen and oxygen atoms in total. The van der Waals surface area contributed by atoms with Crippen LogP contribution in [0.25, 0.3) is 10.8 Å². The van der Waals surface area contributed by atoms with E-state index in [4.69, 9.17) is 22.4 Å². The molecule has 0 bridgehead atoms. The molecule has 0 aliphatic carbocycles. The van der Waals surface area contributed by atoms with Crippen LogP contribution in [0.4, 0.5) is 13.2 Å². The van der Waals surface area contributed by atoms with Gasteiger partial charge in [0.25, 0.3) is 0 Å². The van der Waals surface area contributed by atoms with Gasteiger partial charge in [-0.15, -0.1) is 0 Å². The SMILES string of the molecule is COC(C)Oc1ccc([S+]2CCCC2)c2ccccc12.O=S(=O)([O-])C(F)(F)F. The molecule has 3 rings (SSSR count). The van der Waals surface area contributed by atoms with Crippen molar-refractivity contribution in [1.29, 1.82) is 0 Å². The molecular weight excluding hydrogens is 417 g/mol. The molecule has 2 aromatic carbocycles. The van der Waals surface area contributed by atoms with Crippen LogP contribution in [0.3, 0.4) is 0 Å². The van der Waals surface area contributed by atoms with Crippen molar-refractivity contribution in [2.24, 2.45) is 0 Å². The normalized spacial score (nSPS) is 16.5. The Kier molecular flexibility index (Phi) is 7.60. The lowest BCUT2D eigenvalue weighted by Crippen LogP contribution is -2.21. The van der Waals surface area contributed by atoms with Crippen molar-refractivity contribution in [3.05, 3.63) is 36.4 Å². The second kappa shape index (κ2) is 9.34. The van der Waals surface area contributed by atoms with E-state index in [1.165, 1.54) is 40.0 Å². The second-order valence-electron chi connectivity index (χ2n) is 6.04. The first kappa shape index (κ1) is 22.8. The number of hydrogen-bond acceptors (Lipinski definition) is 5. The van der Waals surface area contributed by atoms with Gasteiger partial charge in [0, 0.05) is 28.8 Å². The minimum Gasteiger partial charge on any atom is -0.741 e. The Morgan fingerprint density at radius 1 is 1.07 bits per heavy atom. The Morgan fingerprint density at radius 2 is 1.61 bits per heavy atom. The highest BCUT2D eigenvalue weighted by molar-refractivity contribution is 7.97. The summed E-state index contributed by atoms with van der Waals surface area (Å²) in [6, 6.07) is 12.9. The van der Waals surface area contributed by atoms with Crippen molar-refractivity contribution in [3.8, 4) is 5.75 Å². The van der Waals surface area contributed by atoms with Crippen LogP contribution in [0, 0.1) is 0 Å². The Balaban J connectivity index is 0.000000300. The van der Waals surface area contributed by atoms with Crippen LogP contribution in [-0.2, 0) is 25.7 Å². The van der Waals surface area contributed by atoms with Crippen LogP contribution in [0.15, 0.2) is 41.3 Å². The fourth-order valence-corrected chi connectivity index (χ4v) is 5.20. The average Bonchev–Trinajstić information content (AvgIpc) is 3.15. The Morgan fingerprint density at radius 3 is 2.11 bits per heavy atom. The molecule has 28 heavy (non-hydrogen) atoms. The van der Waals surface area contributed by atoms with E-state index in [0.29, 0.717) is 10.9 Å². The maximum atomic E-state index is 10.7. The quantitative estimate of drug-likeness (QED) is 0.312. The maximum absolute atomic E-state index is 10.7. The number of fused-ring (bicyclic) bond motifs is 1. The van der Waals surface area contributed by atoms with Crippen molar-refractivity contribution in [1.82, 2.24) is 0 Å². The van der Waals surface area contributed by atoms with Gasteiger partial charge in [0.15, 0.2) is 21.3 Å². The van der Waals surface area contributed by atoms with E-state index >= 15 is 0 Å². The van der Waals surface area contributed by atoms with Gasteiger partial charge in [0.2, 0.25) is 0 Å². The number of methoxy groups -OCH3 is 1. The van der Waals surface area contributed by atoms with Gasteiger partial charge in [-0.2, -0.15) is 13.2 Å². The van der Waals surface area contributed by atoms with Gasteiger partial charge in [0.05, 0.1) is 0 Å². The highest BCUT2D eigenvalue weighted by Crippen LogP contribution is 2.35. The van der Waals surface area contributed by atoms with E-state index in [1.54, 1.807) is 7.11 Å². The molecule has 156 valence electrons. The lowest BCUT2D eigenvalue weighted by Gasteiger charge is -2.15. The zero-order chi connectivity index (χ0) is 20.9. The van der Waals surface area contributed by atoms with E-state index in [1.807, 2.05) is 6.92 Å². The number of alkyl halides is 3. The molecule has 10 heteroatoms. The first-order chi connectivity index (χ1) is 13.0. The molecule has 1 fully saturated rings. The van der Waals surface area contributed by atoms with Crippen molar-refractivity contribution in [3.63, 3.8) is 0 Å². The van der Waals surface area contributed by atoms with E-state index in [2.05, 4.69) is 36.4 Å². The molecule has 1 aliphatic rings. The molecule has 1 aliphatic heterocycles. The highest BCUT2D eigenvalue weighted by Gasteiger charge is 2.37. The van der Waals surface area contributed by atoms with Gasteiger partial charge in [-0.3, -0.25) is 0 Å². The van der Waals surface area contributed by atoms with Crippen LogP contribution in [0.1, 0.15) is 19.8 Å². The number of benzene rings is 2. The largest absolute Gasteiger partial charge is 0.741 e. The summed E-state index contributed by atoms with van der Waals surface area (Å²) >= 11 is 0. The van der Waals surface area contributed by atoms with Gasteiger partial charge in [-0.1, -0.05) is 18.2 Å². The zero-order valence-corrected chi connectivity index (χ0v) is 17.0. The molecule has 1 heterocycles. The highest BCUT2D eigenvalue weighted by atomic mass is 32.2. The molecule has 1 saturated heterocycles. The molecule has 1 atom stereocenters. The molecule has 2 aromatic rings. The van der Waals surface area contributed by atoms with Crippen LogP contribution in [-0.4, -0.2) is 43.4 Å². The molecule has 0 spiro atoms. The summed E-state index contributed by atoms with van der Waals surface area (Å²) in [5, 5.41) is 2.55. The van der Waals surface area contributed by atoms with Crippen molar-refractivity contribution < 1.29 is 35.6 Å². The molecule has 0 aromatic heterocycles. The molecule has 0 saturated carbocycles. The number of rotatable bonds is 4. The topological polar surface area (TPSA) is 75.7 Å². The third kappa shape index (κ3) is 5.76. The van der Waals surface area contributed by atoms with Gasteiger partial charge >= 0.3 is 5.51 Å². The summed E-state index contributed by atoms with van der Waals surface area (Å²) in [5.41, 5.74) is -5.65. The molecule has 0 amide bonds. The molecule has 0 N–H and O–H groups in total. The second-order valence-corrected chi connectivity index (χ2v) is 9.65. The Hall–Kier alpha value is -1.49. The smallest absolute Gasteiger partial charge is 0.485 e. The van der Waals surface area contributed by atoms with Gasteiger partial charge < -0.3 is 14.0 Å². The fraction of sp³-hybridized carbons (Fsp3) is 0.444. The van der Waals surface area contributed by atoms with E-state index in [0.717, 1.165) is 5.75 Å². The predicted octanol–water partition coefficient (Wildman–Crippen LogP) is 4.03. The van der Waals surface area contributed by atoms with Gasteiger partial charge in [-0.25, -0.2) is 8.42 Å². The summed E-state index contributed by atoms with van der Waals surface area (Å²) < 4.78 is 70.0. The first-order valence-electron chi connectivity index (χ1n) is 8.45. The predicted molar refractivity (Wildman–Crippen MR) is 101 cm³/mol. The lowest BCUT2D eigenvalue weighted by molar-refractivity contribution is -0.0518. The summed E-state index contributed by atoms with van der Waals surface area (Å²) in [6.07, 6.45) is 2.52. The van der Waals surface area contributed by atoms with Crippen LogP contribution >= 0.6 is 0 Å². The van der Waals surface area contributed by atoms with Gasteiger partial charge in [-0.05, 0) is 38.0 Å². The van der Waals surface area contributed by atoms with Gasteiger partial charge in [0.1, 0.15) is 17.3 Å². The van der Waals surface area contributed by atoms with Crippen molar-refractivity contribution in [2.75, 3.05) is 18.6 Å².